The Morgan fingerprint density at radius 3 is 2.84 bits per heavy atom. The summed E-state index contributed by atoms with van der Waals surface area (Å²) in [5, 5.41) is 3.02. The lowest BCUT2D eigenvalue weighted by Crippen LogP contribution is -2.44. The van der Waals surface area contributed by atoms with Gasteiger partial charge in [-0.15, -0.1) is 0 Å². The molecule has 2 rings (SSSR count). The molecule has 0 bridgehead atoms. The zero-order chi connectivity index (χ0) is 14.0. The fourth-order valence-electron chi connectivity index (χ4n) is 2.57. The maximum Gasteiger partial charge on any atom is 0.230 e. The second-order valence-corrected chi connectivity index (χ2v) is 6.11. The lowest BCUT2D eigenvalue weighted by molar-refractivity contribution is -0.137. The topological polar surface area (TPSA) is 46.2 Å². The number of benzene rings is 1. The first-order valence-corrected chi connectivity index (χ1v) is 7.48. The van der Waals surface area contributed by atoms with Crippen LogP contribution in [0, 0.1) is 5.92 Å². The van der Waals surface area contributed by atoms with E-state index in [1.165, 1.54) is 0 Å². The van der Waals surface area contributed by atoms with Crippen LogP contribution in [0.2, 0.25) is 5.02 Å². The van der Waals surface area contributed by atoms with Crippen LogP contribution in [0.1, 0.15) is 37.7 Å². The van der Waals surface area contributed by atoms with Crippen molar-refractivity contribution in [2.75, 3.05) is 0 Å². The molecule has 0 spiro atoms. The van der Waals surface area contributed by atoms with Crippen LogP contribution >= 0.6 is 27.5 Å². The first kappa shape index (κ1) is 14.5. The van der Waals surface area contributed by atoms with E-state index in [1.807, 2.05) is 19.1 Å². The maximum atomic E-state index is 12.0. The molecule has 0 radical (unpaired) electrons. The van der Waals surface area contributed by atoms with Crippen LogP contribution in [-0.2, 0) is 9.59 Å². The zero-order valence-corrected chi connectivity index (χ0v) is 12.9. The molecule has 102 valence electrons. The highest BCUT2D eigenvalue weighted by atomic mass is 79.9. The van der Waals surface area contributed by atoms with Crippen molar-refractivity contribution < 1.29 is 9.59 Å². The number of amides is 2. The summed E-state index contributed by atoms with van der Waals surface area (Å²) in [6.45, 7) is 2.03. The SMILES string of the molecule is CCCC1C(=O)NC(=O)CC1c1cc(Br)ccc1Cl. The van der Waals surface area contributed by atoms with Gasteiger partial charge in [0, 0.05) is 27.8 Å². The predicted octanol–water partition coefficient (Wildman–Crippen LogP) is 3.65. The molecule has 1 fully saturated rings. The van der Waals surface area contributed by atoms with E-state index in [0.29, 0.717) is 11.4 Å². The van der Waals surface area contributed by atoms with Gasteiger partial charge < -0.3 is 0 Å². The van der Waals surface area contributed by atoms with Gasteiger partial charge in [-0.05, 0) is 30.2 Å². The van der Waals surface area contributed by atoms with Crippen LogP contribution in [0.25, 0.3) is 0 Å². The molecule has 2 unspecified atom stereocenters. The molecule has 2 atom stereocenters. The molecular weight excluding hydrogens is 330 g/mol. The largest absolute Gasteiger partial charge is 0.296 e. The summed E-state index contributed by atoms with van der Waals surface area (Å²) in [7, 11) is 0. The van der Waals surface area contributed by atoms with Crippen LogP contribution in [0.15, 0.2) is 22.7 Å². The summed E-state index contributed by atoms with van der Waals surface area (Å²) in [4.78, 5) is 23.6. The zero-order valence-electron chi connectivity index (χ0n) is 10.6. The van der Waals surface area contributed by atoms with Crippen molar-refractivity contribution in [1.29, 1.82) is 0 Å². The predicted molar refractivity (Wildman–Crippen MR) is 78.1 cm³/mol. The van der Waals surface area contributed by atoms with E-state index in [0.717, 1.165) is 22.9 Å². The molecular formula is C14H15BrClNO2. The van der Waals surface area contributed by atoms with Crippen LogP contribution in [0.3, 0.4) is 0 Å². The lowest BCUT2D eigenvalue weighted by Gasteiger charge is -2.30. The molecule has 1 aromatic rings. The van der Waals surface area contributed by atoms with Gasteiger partial charge in [-0.2, -0.15) is 0 Å². The van der Waals surface area contributed by atoms with Gasteiger partial charge in [0.1, 0.15) is 0 Å². The highest BCUT2D eigenvalue weighted by Crippen LogP contribution is 2.38. The number of rotatable bonds is 3. The number of carbonyl (C=O) groups is 2. The van der Waals surface area contributed by atoms with Gasteiger partial charge >= 0.3 is 0 Å². The first-order valence-electron chi connectivity index (χ1n) is 6.31. The molecule has 2 amide bonds. The Labute approximate surface area is 125 Å². The molecule has 0 saturated carbocycles. The number of carbonyl (C=O) groups excluding carboxylic acids is 2. The van der Waals surface area contributed by atoms with E-state index in [9.17, 15) is 9.59 Å². The summed E-state index contributed by atoms with van der Waals surface area (Å²) >= 11 is 9.63. The van der Waals surface area contributed by atoms with Gasteiger partial charge in [-0.3, -0.25) is 14.9 Å². The molecule has 1 saturated heterocycles. The van der Waals surface area contributed by atoms with Gasteiger partial charge in [0.25, 0.3) is 0 Å². The average molecular weight is 345 g/mol. The number of halogens is 2. The second kappa shape index (κ2) is 6.06. The number of piperidine rings is 1. The number of hydrogen-bond acceptors (Lipinski definition) is 2. The van der Waals surface area contributed by atoms with Gasteiger partial charge in [-0.1, -0.05) is 40.9 Å². The van der Waals surface area contributed by atoms with E-state index in [-0.39, 0.29) is 23.7 Å². The monoisotopic (exact) mass is 343 g/mol. The summed E-state index contributed by atoms with van der Waals surface area (Å²) in [5.74, 6) is -0.724. The Kier molecular flexibility index (Phi) is 4.63. The Morgan fingerprint density at radius 1 is 1.42 bits per heavy atom. The minimum absolute atomic E-state index is 0.133. The minimum Gasteiger partial charge on any atom is -0.296 e. The van der Waals surface area contributed by atoms with Crippen molar-refractivity contribution in [3.05, 3.63) is 33.3 Å². The molecule has 1 aromatic carbocycles. The molecule has 1 aliphatic heterocycles. The van der Waals surface area contributed by atoms with E-state index in [1.54, 1.807) is 6.07 Å². The number of nitrogens with one attached hydrogen (secondary N) is 1. The van der Waals surface area contributed by atoms with Gasteiger partial charge in [0.05, 0.1) is 0 Å². The third kappa shape index (κ3) is 3.18. The normalized spacial score (nSPS) is 23.3. The highest BCUT2D eigenvalue weighted by Gasteiger charge is 2.36. The summed E-state index contributed by atoms with van der Waals surface area (Å²) in [6, 6.07) is 5.55. The van der Waals surface area contributed by atoms with Crippen molar-refractivity contribution in [1.82, 2.24) is 5.32 Å². The highest BCUT2D eigenvalue weighted by molar-refractivity contribution is 9.10. The smallest absolute Gasteiger partial charge is 0.230 e. The van der Waals surface area contributed by atoms with E-state index >= 15 is 0 Å². The van der Waals surface area contributed by atoms with E-state index < -0.39 is 0 Å². The summed E-state index contributed by atoms with van der Waals surface area (Å²) in [5.41, 5.74) is 0.873. The van der Waals surface area contributed by atoms with Crippen molar-refractivity contribution in [3.63, 3.8) is 0 Å². The Bertz CT molecular complexity index is 518. The molecule has 0 aliphatic carbocycles. The van der Waals surface area contributed by atoms with Crippen molar-refractivity contribution in [3.8, 4) is 0 Å². The summed E-state index contributed by atoms with van der Waals surface area (Å²) in [6.07, 6.45) is 1.97. The van der Waals surface area contributed by atoms with Gasteiger partial charge in [0.2, 0.25) is 11.8 Å². The Balaban J connectivity index is 2.40. The molecule has 19 heavy (non-hydrogen) atoms. The van der Waals surface area contributed by atoms with Crippen LogP contribution in [-0.4, -0.2) is 11.8 Å². The van der Waals surface area contributed by atoms with E-state index in [4.69, 9.17) is 11.6 Å². The van der Waals surface area contributed by atoms with Crippen LogP contribution in [0.4, 0.5) is 0 Å². The molecule has 1 aliphatic rings. The molecule has 0 aromatic heterocycles. The van der Waals surface area contributed by atoms with Crippen LogP contribution in [0.5, 0.6) is 0 Å². The first-order chi connectivity index (χ1) is 9.02. The lowest BCUT2D eigenvalue weighted by atomic mass is 9.78. The minimum atomic E-state index is -0.224. The quantitative estimate of drug-likeness (QED) is 0.851. The van der Waals surface area contributed by atoms with Crippen molar-refractivity contribution in [2.24, 2.45) is 5.92 Å². The summed E-state index contributed by atoms with van der Waals surface area (Å²) < 4.78 is 0.903. The Morgan fingerprint density at radius 2 is 2.16 bits per heavy atom. The maximum absolute atomic E-state index is 12.0. The van der Waals surface area contributed by atoms with Crippen LogP contribution < -0.4 is 5.32 Å². The molecule has 3 nitrogen and oxygen atoms in total. The molecule has 1 N–H and O–H groups in total. The Hall–Kier alpha value is -0.870. The third-order valence-electron chi connectivity index (χ3n) is 3.45. The van der Waals surface area contributed by atoms with Crippen molar-refractivity contribution in [2.45, 2.75) is 32.1 Å². The molecule has 1 heterocycles. The number of hydrogen-bond donors (Lipinski definition) is 1. The average Bonchev–Trinajstić information content (AvgIpc) is 2.35. The number of imide groups is 1. The fraction of sp³-hybridized carbons (Fsp3) is 0.429. The van der Waals surface area contributed by atoms with Gasteiger partial charge in [0.15, 0.2) is 0 Å². The van der Waals surface area contributed by atoms with E-state index in [2.05, 4.69) is 21.2 Å². The van der Waals surface area contributed by atoms with Crippen molar-refractivity contribution >= 4 is 39.3 Å². The second-order valence-electron chi connectivity index (χ2n) is 4.78. The fourth-order valence-corrected chi connectivity index (χ4v) is 3.21. The molecule has 5 heteroatoms. The van der Waals surface area contributed by atoms with Gasteiger partial charge in [-0.25, -0.2) is 0 Å². The third-order valence-corrected chi connectivity index (χ3v) is 4.29. The standard InChI is InChI=1S/C14H15BrClNO2/c1-2-3-9-10(7-13(18)17-14(9)19)11-6-8(15)4-5-12(11)16/h4-6,9-10H,2-3,7H2,1H3,(H,17,18,19).